The zero-order valence-corrected chi connectivity index (χ0v) is 20.8. The molecule has 2 aromatic heterocycles. The van der Waals surface area contributed by atoms with Crippen LogP contribution in [0.1, 0.15) is 29.0 Å². The van der Waals surface area contributed by atoms with Gasteiger partial charge in [-0.25, -0.2) is 4.98 Å². The highest BCUT2D eigenvalue weighted by Gasteiger charge is 2.30. The quantitative estimate of drug-likeness (QED) is 0.194. The van der Waals surface area contributed by atoms with Crippen LogP contribution in [0.4, 0.5) is 24.5 Å². The second-order valence-electron chi connectivity index (χ2n) is 8.15. The summed E-state index contributed by atoms with van der Waals surface area (Å²) in [6.45, 7) is 0.911. The standard InChI is InChI=1S/C24H24F3IN6O/c25-24(26,27)15-34-18(3-2-10-30-17-6-7-21(31-14-17)23(35)33-28)13-19-20(4-1-5-22(19)34)32-16-8-11-29-12-9-16/h1,4-7,13-14,16,29-30,32H,8-12,15H2,(H,33,35). The Labute approximate surface area is 214 Å². The highest BCUT2D eigenvalue weighted by Crippen LogP contribution is 2.31. The second-order valence-corrected chi connectivity index (χ2v) is 8.69. The first-order valence-electron chi connectivity index (χ1n) is 11.1. The molecule has 0 unspecified atom stereocenters. The van der Waals surface area contributed by atoms with E-state index in [1.807, 2.05) is 6.07 Å². The number of nitrogens with zero attached hydrogens (tertiary/aromatic N) is 2. The molecule has 1 aliphatic heterocycles. The Morgan fingerprint density at radius 2 is 2.03 bits per heavy atom. The van der Waals surface area contributed by atoms with Gasteiger partial charge in [-0.1, -0.05) is 12.0 Å². The number of pyridine rings is 1. The maximum Gasteiger partial charge on any atom is 0.406 e. The van der Waals surface area contributed by atoms with Crippen LogP contribution in [0.5, 0.6) is 0 Å². The van der Waals surface area contributed by atoms with Crippen molar-refractivity contribution in [2.75, 3.05) is 30.3 Å². The lowest BCUT2D eigenvalue weighted by Crippen LogP contribution is -2.35. The summed E-state index contributed by atoms with van der Waals surface area (Å²) in [5, 5.41) is 10.6. The number of halogens is 4. The minimum absolute atomic E-state index is 0.202. The number of amides is 1. The maximum absolute atomic E-state index is 13.4. The number of hydrogen-bond donors (Lipinski definition) is 4. The van der Waals surface area contributed by atoms with E-state index in [1.165, 1.54) is 10.8 Å². The van der Waals surface area contributed by atoms with Crippen LogP contribution in [0.15, 0.2) is 42.6 Å². The van der Waals surface area contributed by atoms with E-state index in [0.29, 0.717) is 16.9 Å². The third-order valence-electron chi connectivity index (χ3n) is 5.66. The minimum Gasteiger partial charge on any atom is -0.382 e. The van der Waals surface area contributed by atoms with Crippen LogP contribution in [0, 0.1) is 11.8 Å². The van der Waals surface area contributed by atoms with Crippen molar-refractivity contribution in [3.05, 3.63) is 54.0 Å². The van der Waals surface area contributed by atoms with Gasteiger partial charge in [-0.2, -0.15) is 13.2 Å². The molecule has 0 spiro atoms. The van der Waals surface area contributed by atoms with Crippen molar-refractivity contribution in [1.82, 2.24) is 18.4 Å². The Hall–Kier alpha value is -2.98. The van der Waals surface area contributed by atoms with E-state index < -0.39 is 12.7 Å². The van der Waals surface area contributed by atoms with Gasteiger partial charge in [-0.05, 0) is 62.2 Å². The predicted octanol–water partition coefficient (Wildman–Crippen LogP) is 4.31. The summed E-state index contributed by atoms with van der Waals surface area (Å²) in [4.78, 5) is 15.6. The van der Waals surface area contributed by atoms with Crippen LogP contribution in [0.2, 0.25) is 0 Å². The van der Waals surface area contributed by atoms with Crippen LogP contribution in [-0.4, -0.2) is 47.3 Å². The summed E-state index contributed by atoms with van der Waals surface area (Å²) in [5.41, 5.74) is 2.53. The molecule has 0 aliphatic carbocycles. The number of carbonyl (C=O) groups is 1. The molecule has 0 radical (unpaired) electrons. The fourth-order valence-electron chi connectivity index (χ4n) is 4.01. The molecule has 1 aromatic carbocycles. The Bertz CT molecular complexity index is 1240. The van der Waals surface area contributed by atoms with Gasteiger partial charge in [-0.3, -0.25) is 8.32 Å². The van der Waals surface area contributed by atoms with E-state index in [0.717, 1.165) is 37.0 Å². The number of rotatable bonds is 6. The number of nitrogens with one attached hydrogen (secondary N) is 4. The summed E-state index contributed by atoms with van der Waals surface area (Å²) >= 11 is 1.74. The predicted molar refractivity (Wildman–Crippen MR) is 139 cm³/mol. The summed E-state index contributed by atoms with van der Waals surface area (Å²) in [6, 6.07) is 10.6. The van der Waals surface area contributed by atoms with Crippen molar-refractivity contribution < 1.29 is 18.0 Å². The summed E-state index contributed by atoms with van der Waals surface area (Å²) in [6.07, 6.45) is -0.966. The van der Waals surface area contributed by atoms with Crippen LogP contribution in [0.3, 0.4) is 0 Å². The van der Waals surface area contributed by atoms with Crippen molar-refractivity contribution in [3.63, 3.8) is 0 Å². The number of hydrogen-bond acceptors (Lipinski definition) is 5. The van der Waals surface area contributed by atoms with Gasteiger partial charge in [0.2, 0.25) is 0 Å². The molecule has 4 rings (SSSR count). The molecule has 0 atom stereocenters. The van der Waals surface area contributed by atoms with E-state index in [4.69, 9.17) is 0 Å². The normalized spacial score (nSPS) is 14.3. The average molecular weight is 596 g/mol. The topological polar surface area (TPSA) is 83.0 Å². The number of anilines is 2. The number of carbonyl (C=O) groups excluding carboxylic acids is 1. The van der Waals surface area contributed by atoms with Crippen molar-refractivity contribution in [2.45, 2.75) is 31.6 Å². The van der Waals surface area contributed by atoms with Gasteiger partial charge in [0.1, 0.15) is 12.2 Å². The van der Waals surface area contributed by atoms with Gasteiger partial charge in [0.15, 0.2) is 0 Å². The summed E-state index contributed by atoms with van der Waals surface area (Å²) in [7, 11) is 0. The monoisotopic (exact) mass is 596 g/mol. The molecule has 3 aromatic rings. The lowest BCUT2D eigenvalue weighted by atomic mass is 10.1. The maximum atomic E-state index is 13.4. The van der Waals surface area contributed by atoms with Crippen molar-refractivity contribution in [1.29, 1.82) is 0 Å². The van der Waals surface area contributed by atoms with Gasteiger partial charge in [0.05, 0.1) is 52.5 Å². The molecule has 1 aliphatic rings. The number of aromatic nitrogens is 2. The van der Waals surface area contributed by atoms with Crippen LogP contribution in [0.25, 0.3) is 10.9 Å². The minimum atomic E-state index is -4.38. The van der Waals surface area contributed by atoms with Gasteiger partial charge in [0, 0.05) is 17.1 Å². The van der Waals surface area contributed by atoms with E-state index in [2.05, 4.69) is 36.3 Å². The SMILES string of the molecule is O=C(NI)c1ccc(NCC#Cc2cc3c(NC4CCNCC4)cccc3n2CC(F)(F)F)cn1. The molecule has 0 bridgehead atoms. The van der Waals surface area contributed by atoms with Crippen LogP contribution >= 0.6 is 22.9 Å². The Kier molecular flexibility index (Phi) is 8.02. The highest BCUT2D eigenvalue weighted by molar-refractivity contribution is 14.1. The molecule has 11 heteroatoms. The van der Waals surface area contributed by atoms with Crippen LogP contribution < -0.4 is 19.5 Å². The molecule has 1 amide bonds. The number of piperidine rings is 1. The van der Waals surface area contributed by atoms with Crippen molar-refractivity contribution in [2.24, 2.45) is 0 Å². The average Bonchev–Trinajstić information content (AvgIpc) is 3.19. The summed E-state index contributed by atoms with van der Waals surface area (Å²) in [5.74, 6) is 5.49. The second kappa shape index (κ2) is 11.2. The molecular weight excluding hydrogens is 572 g/mol. The fraction of sp³-hybridized carbons (Fsp3) is 0.333. The lowest BCUT2D eigenvalue weighted by molar-refractivity contribution is -0.140. The van der Waals surface area contributed by atoms with Crippen molar-refractivity contribution >= 4 is 51.0 Å². The Morgan fingerprint density at radius 1 is 1.23 bits per heavy atom. The Balaban J connectivity index is 1.55. The van der Waals surface area contributed by atoms with E-state index in [-0.39, 0.29) is 24.2 Å². The molecule has 1 fully saturated rings. The number of alkyl halides is 3. The number of fused-ring (bicyclic) bond motifs is 1. The van der Waals surface area contributed by atoms with E-state index >= 15 is 0 Å². The lowest BCUT2D eigenvalue weighted by Gasteiger charge is -2.25. The molecule has 184 valence electrons. The highest BCUT2D eigenvalue weighted by atomic mass is 127. The first-order chi connectivity index (χ1) is 16.8. The third-order valence-corrected chi connectivity index (χ3v) is 6.15. The summed E-state index contributed by atoms with van der Waals surface area (Å²) < 4.78 is 43.8. The zero-order chi connectivity index (χ0) is 24.8. The first-order valence-corrected chi connectivity index (χ1v) is 12.2. The van der Waals surface area contributed by atoms with Gasteiger partial charge in [0.25, 0.3) is 5.91 Å². The van der Waals surface area contributed by atoms with Crippen LogP contribution in [-0.2, 0) is 6.54 Å². The largest absolute Gasteiger partial charge is 0.406 e. The van der Waals surface area contributed by atoms with E-state index in [9.17, 15) is 18.0 Å². The molecule has 4 N–H and O–H groups in total. The molecular formula is C24H24F3IN6O. The zero-order valence-electron chi connectivity index (χ0n) is 18.7. The molecule has 35 heavy (non-hydrogen) atoms. The smallest absolute Gasteiger partial charge is 0.382 e. The van der Waals surface area contributed by atoms with Gasteiger partial charge >= 0.3 is 6.18 Å². The molecule has 3 heterocycles. The number of benzene rings is 1. The fourth-order valence-corrected chi connectivity index (χ4v) is 4.29. The molecule has 0 saturated carbocycles. The third kappa shape index (κ3) is 6.58. The van der Waals surface area contributed by atoms with Gasteiger partial charge in [-0.15, -0.1) is 0 Å². The Morgan fingerprint density at radius 3 is 2.71 bits per heavy atom. The van der Waals surface area contributed by atoms with Crippen molar-refractivity contribution in [3.8, 4) is 11.8 Å². The molecule has 7 nitrogen and oxygen atoms in total. The van der Waals surface area contributed by atoms with E-state index in [1.54, 1.807) is 53.2 Å². The molecule has 1 saturated heterocycles. The van der Waals surface area contributed by atoms with Gasteiger partial charge < -0.3 is 20.5 Å². The first kappa shape index (κ1) is 25.1.